The molecule has 800 valence electrons. The Labute approximate surface area is 845 Å². The summed E-state index contributed by atoms with van der Waals surface area (Å²) in [5, 5.41) is 52.2. The quantitative estimate of drug-likeness (QED) is 0.0288. The lowest BCUT2D eigenvalue weighted by Gasteiger charge is -2.53. The number of aliphatic hydroxyl groups is 5. The van der Waals surface area contributed by atoms with Gasteiger partial charge in [0.05, 0.1) is 23.4 Å². The fourth-order valence-electron chi connectivity index (χ4n) is 27.4. The zero-order chi connectivity index (χ0) is 104. The Hall–Kier alpha value is 0.331. The number of carbonyl (C=O) groups is 1. The largest absolute Gasteiger partial charge is 0.466 e. The average Bonchev–Trinajstić information content (AvgIpc) is 1.61. The molecule has 13 nitrogen and oxygen atoms in total. The monoisotopic (exact) mass is 2000 g/mol. The molecule has 0 spiro atoms. The third-order valence-electron chi connectivity index (χ3n) is 41.9. The van der Waals surface area contributed by atoms with E-state index in [2.05, 4.69) is 259 Å². The van der Waals surface area contributed by atoms with Gasteiger partial charge in [-0.05, 0) is 428 Å². The minimum absolute atomic E-state index is 0.0524. The number of fused-ring (bicyclic) bond motifs is 4. The minimum Gasteiger partial charge on any atom is -0.466 e. The molecule has 19 heteroatoms. The van der Waals surface area contributed by atoms with Gasteiger partial charge in [0.15, 0.2) is 49.9 Å². The van der Waals surface area contributed by atoms with E-state index < -0.39 is 66.7 Å². The summed E-state index contributed by atoms with van der Waals surface area (Å²) in [7, 11) is -10.7. The van der Waals surface area contributed by atoms with Gasteiger partial charge >= 0.3 is 5.97 Å². The highest BCUT2D eigenvalue weighted by atomic mass is 28.4. The molecule has 0 radical (unpaired) electrons. The molecule has 0 aromatic rings. The van der Waals surface area contributed by atoms with Crippen LogP contribution in [0.25, 0.3) is 0 Å². The van der Waals surface area contributed by atoms with Crippen molar-refractivity contribution in [2.45, 2.75) is 610 Å². The fraction of sp³-hybridized carbons (Fsp3) is 0.991. The predicted octanol–water partition coefficient (Wildman–Crippen LogP) is 33.5. The number of carbonyl (C=O) groups excluding carboxylic acids is 1. The van der Waals surface area contributed by atoms with Gasteiger partial charge in [0.25, 0.3) is 0 Å². The molecule has 0 saturated heterocycles. The van der Waals surface area contributed by atoms with Crippen molar-refractivity contribution in [3.63, 3.8) is 0 Å². The second-order valence-corrected chi connectivity index (χ2v) is 88.8. The van der Waals surface area contributed by atoms with Crippen molar-refractivity contribution in [1.29, 1.82) is 0 Å². The molecule has 8 aliphatic rings. The number of esters is 1. The first-order chi connectivity index (χ1) is 60.8. The highest BCUT2D eigenvalue weighted by Gasteiger charge is 2.64. The van der Waals surface area contributed by atoms with E-state index in [4.69, 9.17) is 31.3 Å². The van der Waals surface area contributed by atoms with Gasteiger partial charge < -0.3 is 56.8 Å². The Balaban J connectivity index is 0.000000320. The van der Waals surface area contributed by atoms with Crippen molar-refractivity contribution >= 4 is 55.9 Å². The second kappa shape index (κ2) is 47.0. The van der Waals surface area contributed by atoms with Gasteiger partial charge in [0, 0.05) is 57.3 Å². The number of hydrogen-bond donors (Lipinski definition) is 5. The van der Waals surface area contributed by atoms with E-state index in [-0.39, 0.29) is 71.1 Å². The molecule has 0 amide bonds. The van der Waals surface area contributed by atoms with E-state index in [1.807, 2.05) is 48.5 Å². The lowest BCUT2D eigenvalue weighted by molar-refractivity contribution is -0.143. The van der Waals surface area contributed by atoms with Crippen LogP contribution in [0.15, 0.2) is 0 Å². The van der Waals surface area contributed by atoms with Crippen LogP contribution in [-0.2, 0) is 36.1 Å². The summed E-state index contributed by atoms with van der Waals surface area (Å²) < 4.78 is 47.1. The number of ether oxygens (including phenoxy) is 1. The fourth-order valence-corrected chi connectivity index (χ4v) is 35.1. The highest BCUT2D eigenvalue weighted by molar-refractivity contribution is 6.76. The van der Waals surface area contributed by atoms with Crippen molar-refractivity contribution in [3.05, 3.63) is 0 Å². The lowest BCUT2D eigenvalue weighted by atomic mass is 9.56. The van der Waals surface area contributed by atoms with Crippen LogP contribution < -0.4 is 0 Å². The van der Waals surface area contributed by atoms with Crippen molar-refractivity contribution in [1.82, 2.24) is 0 Å². The molecule has 0 aromatic carbocycles. The maximum Gasteiger partial charge on any atom is 0.305 e. The molecule has 135 heavy (non-hydrogen) atoms. The molecule has 0 aromatic heterocycles. The molecule has 20 atom stereocenters. The Bertz CT molecular complexity index is 3450. The van der Waals surface area contributed by atoms with Crippen LogP contribution in [0.1, 0.15) is 460 Å². The first kappa shape index (κ1) is 126. The van der Waals surface area contributed by atoms with Gasteiger partial charge in [-0.25, -0.2) is 0 Å². The van der Waals surface area contributed by atoms with E-state index in [1.54, 1.807) is 0 Å². The van der Waals surface area contributed by atoms with Gasteiger partial charge in [-0.2, -0.15) is 0 Å². The first-order valence-electron chi connectivity index (χ1n) is 56.3. The molecule has 8 aliphatic carbocycles. The molecule has 8 saturated carbocycles. The van der Waals surface area contributed by atoms with Crippen LogP contribution in [0.5, 0.6) is 0 Å². The summed E-state index contributed by atoms with van der Waals surface area (Å²) in [5.41, 5.74) is 0.121. The topological polar surface area (TPSA) is 183 Å². The van der Waals surface area contributed by atoms with E-state index in [0.29, 0.717) is 106 Å². The average molecular weight is 2010 g/mol. The van der Waals surface area contributed by atoms with E-state index >= 15 is 0 Å². The molecule has 0 heterocycles. The number of aliphatic hydroxyl groups excluding tert-OH is 2. The first-order valence-corrected chi connectivity index (χ1v) is 73.8. The Morgan fingerprint density at radius 3 is 0.689 bits per heavy atom. The van der Waals surface area contributed by atoms with Crippen molar-refractivity contribution in [3.8, 4) is 0 Å². The van der Waals surface area contributed by atoms with Gasteiger partial charge in [-0.3, -0.25) is 4.79 Å². The van der Waals surface area contributed by atoms with Crippen LogP contribution in [-0.4, -0.2) is 156 Å². The number of hydrogen-bond acceptors (Lipinski definition) is 13. The van der Waals surface area contributed by atoms with Gasteiger partial charge in [-0.1, -0.05) is 225 Å². The van der Waals surface area contributed by atoms with Crippen molar-refractivity contribution < 1.29 is 61.6 Å². The van der Waals surface area contributed by atoms with E-state index in [0.717, 1.165) is 103 Å². The highest BCUT2D eigenvalue weighted by Crippen LogP contribution is 2.69. The summed E-state index contributed by atoms with van der Waals surface area (Å²) in [5.74, 6) is 5.16. The Morgan fingerprint density at radius 2 is 0.496 bits per heavy atom. The smallest absolute Gasteiger partial charge is 0.305 e. The summed E-state index contributed by atoms with van der Waals surface area (Å²) >= 11 is 0. The Kier molecular flexibility index (Phi) is 43.8. The van der Waals surface area contributed by atoms with Crippen LogP contribution >= 0.6 is 0 Å². The van der Waals surface area contributed by atoms with Crippen LogP contribution in [0.3, 0.4) is 0 Å². The molecule has 8 rings (SSSR count). The summed E-state index contributed by atoms with van der Waals surface area (Å²) in [6, 6.07) is 0. The van der Waals surface area contributed by atoms with Crippen molar-refractivity contribution in [2.24, 2.45) is 90.7 Å². The third-order valence-corrected chi connectivity index (χ3v) is 69.0. The molecule has 0 aliphatic heterocycles. The zero-order valence-electron chi connectivity index (χ0n) is 98.4. The van der Waals surface area contributed by atoms with E-state index in [1.165, 1.54) is 135 Å². The molecule has 5 N–H and O–H groups in total. The normalized spacial score (nSPS) is 30.7. The number of rotatable bonds is 41. The molecular weight excluding hydrogens is 1770 g/mol. The standard InChI is InChI=1S/C32H64O4Si2.C32H66O3Si2.2C26H52O3Si/c1-14-34-28(33)18-16-21-31(8,23-24-35-37(10,11)29(2,3)4)27-20-19-25-26(17-15-22-32(25,27)9)36-38(12,13)30(5,6)7;1-28(2,3)36(11,12)34-24-23-31(9,21-16-20-30(7,8)33)27-19-18-25-26(17-15-22-32(25,27)10)35-37(13,14)29(4,5)6;2*1-23(2,3)30(8,9)29-21-12-10-17-26(7)20(21)13-14-22(26)25(6,18-19-27)16-11-15-24(4,5)28/h25-27H,14-24H2,1-13H3;25-27,33H,15-24H2,1-14H3;2*20-22,27-28H,10-19H2,1-9H3/t2*25?,26-,27?,31?,32-;20?,21-,22?,25?,26-;20?,21-,22?,25+,26-/m0000/s1. The predicted molar refractivity (Wildman–Crippen MR) is 593 cm³/mol. The zero-order valence-corrected chi connectivity index (χ0v) is 104. The maximum atomic E-state index is 12.2. The molecule has 0 bridgehead atoms. The lowest BCUT2D eigenvalue weighted by Crippen LogP contribution is -2.51. The van der Waals surface area contributed by atoms with Crippen LogP contribution in [0.2, 0.25) is 109 Å². The summed E-state index contributed by atoms with van der Waals surface area (Å²) in [6.45, 7) is 107. The van der Waals surface area contributed by atoms with Gasteiger partial charge in [0.2, 0.25) is 0 Å². The molecule has 8 fully saturated rings. The summed E-state index contributed by atoms with van der Waals surface area (Å²) in [6.07, 6.45) is 42.6. The second-order valence-electron chi connectivity index (χ2n) is 60.1. The molecule has 11 unspecified atom stereocenters. The maximum absolute atomic E-state index is 12.2. The van der Waals surface area contributed by atoms with Crippen molar-refractivity contribution in [2.75, 3.05) is 33.0 Å². The third kappa shape index (κ3) is 32.7. The Morgan fingerprint density at radius 1 is 0.289 bits per heavy atom. The van der Waals surface area contributed by atoms with Gasteiger partial charge in [-0.15, -0.1) is 0 Å². The SMILES string of the molecule is CC(C)(O)CCCC(C)(CCO)C1CCC2[C@@H](O[Si](C)(C)C(C)(C)C)CCC[C@@]21C.CC(C)(O)CCCC(C)(CCO[Si](C)(C)C(C)(C)C)C1CCC2[C@@H](O[Si](C)(C)C(C)(C)C)CCC[C@@]21C.CC(C)(O)CCC[C@](C)(CCO)C1CCC2[C@@H](O[Si](C)(C)C(C)(C)C)CCC[C@@]21C.CCOC(=O)CCCC(C)(CCO[Si](C)(C)C(C)(C)C)C1CCC2[C@@H](O[Si](C)(C)C(C)(C)C)CCC[C@@]21C. The van der Waals surface area contributed by atoms with Gasteiger partial charge in [0.1, 0.15) is 0 Å². The van der Waals surface area contributed by atoms with Crippen LogP contribution in [0.4, 0.5) is 0 Å². The molecular formula is C116H234O13Si6. The van der Waals surface area contributed by atoms with E-state index in [9.17, 15) is 30.3 Å². The minimum atomic E-state index is -1.82. The summed E-state index contributed by atoms with van der Waals surface area (Å²) in [4.78, 5) is 12.2. The van der Waals surface area contributed by atoms with Crippen LogP contribution in [0, 0.1) is 90.7 Å².